The van der Waals surface area contributed by atoms with Crippen LogP contribution in [0.15, 0.2) is 58.4 Å². The second-order valence-electron chi connectivity index (χ2n) is 11.0. The third kappa shape index (κ3) is 10.4. The quantitative estimate of drug-likeness (QED) is 0.0449. The van der Waals surface area contributed by atoms with Crippen molar-refractivity contribution in [1.29, 1.82) is 0 Å². The van der Waals surface area contributed by atoms with Crippen LogP contribution in [0.5, 0.6) is 0 Å². The highest BCUT2D eigenvalue weighted by Crippen LogP contribution is 2.34. The Labute approximate surface area is 264 Å². The summed E-state index contributed by atoms with van der Waals surface area (Å²) in [6, 6.07) is -1.48. The third-order valence-corrected chi connectivity index (χ3v) is 10.1. The molecule has 0 amide bonds. The molecule has 250 valence electrons. The smallest absolute Gasteiger partial charge is 0.242 e. The van der Waals surface area contributed by atoms with Crippen LogP contribution in [0.3, 0.4) is 0 Å². The first kappa shape index (κ1) is 36.7. The van der Waals surface area contributed by atoms with Crippen LogP contribution in [0.4, 0.5) is 0 Å². The number of hydrogen-bond acceptors (Lipinski definition) is 13. The summed E-state index contributed by atoms with van der Waals surface area (Å²) in [5.74, 6) is 0.214. The molecule has 5 unspecified atom stereocenters. The number of allylic oxidation sites excluding steroid dienone is 4. The van der Waals surface area contributed by atoms with Gasteiger partial charge in [0.05, 0.1) is 54.7 Å². The van der Waals surface area contributed by atoms with E-state index in [4.69, 9.17) is 9.47 Å². The first-order valence-electron chi connectivity index (χ1n) is 14.8. The van der Waals surface area contributed by atoms with Gasteiger partial charge in [-0.1, -0.05) is 18.2 Å². The molecule has 3 aliphatic rings. The average molecular weight is 661 g/mol. The lowest BCUT2D eigenvalue weighted by atomic mass is 9.95. The molecule has 15 heteroatoms. The Kier molecular flexibility index (Phi) is 14.9. The van der Waals surface area contributed by atoms with Crippen molar-refractivity contribution in [3.8, 4) is 0 Å². The molecule has 0 saturated carbocycles. The molecule has 0 saturated heterocycles. The number of methoxy groups -OCH3 is 1. The number of ether oxygens (including phenoxy) is 2. The Hall–Kier alpha value is -1.76. The van der Waals surface area contributed by atoms with Crippen LogP contribution in [0.25, 0.3) is 0 Å². The van der Waals surface area contributed by atoms with E-state index in [1.54, 1.807) is 19.1 Å². The zero-order chi connectivity index (χ0) is 32.3. The predicted octanol–water partition coefficient (Wildman–Crippen LogP) is 0.978. The van der Waals surface area contributed by atoms with E-state index in [-0.39, 0.29) is 54.0 Å². The molecule has 0 fully saturated rings. The first-order valence-corrected chi connectivity index (χ1v) is 17.6. The van der Waals surface area contributed by atoms with Crippen LogP contribution in [0, 0.1) is 0 Å². The van der Waals surface area contributed by atoms with E-state index in [9.17, 15) is 34.1 Å². The number of hydrogen-bond donors (Lipinski definition) is 8. The van der Waals surface area contributed by atoms with Gasteiger partial charge in [0.15, 0.2) is 0 Å². The van der Waals surface area contributed by atoms with Crippen LogP contribution in [-0.4, -0.2) is 121 Å². The number of hydroxylamine groups is 2. The van der Waals surface area contributed by atoms with Crippen LogP contribution in [0.1, 0.15) is 39.0 Å². The maximum atomic E-state index is 13.4. The van der Waals surface area contributed by atoms with Crippen LogP contribution < -0.4 is 15.4 Å². The maximum absolute atomic E-state index is 13.4. The van der Waals surface area contributed by atoms with Gasteiger partial charge < -0.3 is 29.9 Å². The lowest BCUT2D eigenvalue weighted by molar-refractivity contribution is -0.0926. The number of thioether (sulfide) groups is 1. The summed E-state index contributed by atoms with van der Waals surface area (Å²) in [6.07, 6.45) is 11.8. The van der Waals surface area contributed by atoms with Crippen molar-refractivity contribution in [3.63, 3.8) is 0 Å². The molecular formula is C29H48N4O9S2. The molecule has 44 heavy (non-hydrogen) atoms. The van der Waals surface area contributed by atoms with Gasteiger partial charge in [-0.2, -0.15) is 11.8 Å². The van der Waals surface area contributed by atoms with E-state index in [0.717, 1.165) is 17.1 Å². The van der Waals surface area contributed by atoms with Crippen molar-refractivity contribution in [1.82, 2.24) is 20.4 Å². The van der Waals surface area contributed by atoms with Gasteiger partial charge in [-0.3, -0.25) is 20.9 Å². The van der Waals surface area contributed by atoms with E-state index in [1.807, 2.05) is 18.4 Å². The monoisotopic (exact) mass is 660 g/mol. The van der Waals surface area contributed by atoms with Gasteiger partial charge in [0.2, 0.25) is 10.0 Å². The summed E-state index contributed by atoms with van der Waals surface area (Å²) in [4.78, 5) is -0.127. The number of aliphatic hydroxyl groups is 4. The lowest BCUT2D eigenvalue weighted by Crippen LogP contribution is -2.56. The Morgan fingerprint density at radius 1 is 1.16 bits per heavy atom. The summed E-state index contributed by atoms with van der Waals surface area (Å²) < 4.78 is 40.4. The summed E-state index contributed by atoms with van der Waals surface area (Å²) in [6.45, 7) is 1.45. The minimum atomic E-state index is -4.07. The van der Waals surface area contributed by atoms with Crippen LogP contribution in [-0.2, 0) is 19.5 Å². The van der Waals surface area contributed by atoms with E-state index in [2.05, 4.69) is 15.4 Å². The highest BCUT2D eigenvalue weighted by atomic mass is 32.2. The SMILES string of the molecule is COCCNS(=O)(=O)C1=CC(OCC(O)N[C@H](C2=CC=C(O)CC2)C(O)N[C@@H](C)CO)C(SC)C=C1N(O)C1CC=CCC1. The highest BCUT2D eigenvalue weighted by Gasteiger charge is 2.36. The van der Waals surface area contributed by atoms with Crippen LogP contribution >= 0.6 is 11.8 Å². The molecular weight excluding hydrogens is 612 g/mol. The molecule has 0 aromatic rings. The van der Waals surface area contributed by atoms with E-state index in [0.29, 0.717) is 25.7 Å². The van der Waals surface area contributed by atoms with Gasteiger partial charge in [0.25, 0.3) is 0 Å². The average Bonchev–Trinajstić information content (AvgIpc) is 3.02. The molecule has 0 bridgehead atoms. The summed E-state index contributed by atoms with van der Waals surface area (Å²) >= 11 is 1.41. The Bertz CT molecular complexity index is 1190. The maximum Gasteiger partial charge on any atom is 0.242 e. The minimum absolute atomic E-state index is 0.0383. The van der Waals surface area contributed by atoms with Crippen LogP contribution in [0.2, 0.25) is 0 Å². The normalized spacial score (nSPS) is 25.3. The molecule has 0 spiro atoms. The summed E-state index contributed by atoms with van der Waals surface area (Å²) in [5, 5.41) is 58.7. The van der Waals surface area contributed by atoms with Gasteiger partial charge in [0.1, 0.15) is 17.4 Å². The number of aliphatic hydroxyl groups excluding tert-OH is 4. The standard InChI is InChI=1S/C29H48N4O9S2/c1-19(17-34)31-29(37)28(20-9-11-22(35)12-10-20)32-27(36)18-42-24-16-26(44(39,40)30-13-14-41-2)23(15-25(24)43-3)33(38)21-7-5-4-6-8-21/h4-5,9,11,15-16,19,21,24-25,27-32,34-38H,6-8,10,12-14,17-18H2,1-3H3/t19-,21?,24?,25?,27?,28+,29?/m0/s1. The molecule has 0 aliphatic heterocycles. The topological polar surface area (TPSA) is 193 Å². The van der Waals surface area contributed by atoms with Gasteiger partial charge in [-0.05, 0) is 62.7 Å². The number of sulfonamides is 1. The fraction of sp³-hybridized carbons (Fsp3) is 0.655. The Morgan fingerprint density at radius 2 is 1.93 bits per heavy atom. The van der Waals surface area contributed by atoms with Crippen molar-refractivity contribution in [2.24, 2.45) is 0 Å². The molecule has 13 nitrogen and oxygen atoms in total. The molecule has 0 radical (unpaired) electrons. The third-order valence-electron chi connectivity index (χ3n) is 7.63. The fourth-order valence-electron chi connectivity index (χ4n) is 5.18. The first-order chi connectivity index (χ1) is 21.0. The minimum Gasteiger partial charge on any atom is -0.512 e. The van der Waals surface area contributed by atoms with Gasteiger partial charge >= 0.3 is 0 Å². The number of nitrogens with zero attached hydrogens (tertiary/aromatic N) is 1. The van der Waals surface area contributed by atoms with E-state index in [1.165, 1.54) is 31.0 Å². The molecule has 0 aromatic carbocycles. The second-order valence-corrected chi connectivity index (χ2v) is 13.8. The zero-order valence-corrected chi connectivity index (χ0v) is 27.1. The Morgan fingerprint density at radius 3 is 2.55 bits per heavy atom. The molecule has 7 atom stereocenters. The molecule has 3 aliphatic carbocycles. The largest absolute Gasteiger partial charge is 0.512 e. The van der Waals surface area contributed by atoms with E-state index >= 15 is 0 Å². The van der Waals surface area contributed by atoms with Crippen molar-refractivity contribution in [3.05, 3.63) is 58.4 Å². The lowest BCUT2D eigenvalue weighted by Gasteiger charge is -2.36. The zero-order valence-electron chi connectivity index (χ0n) is 25.5. The van der Waals surface area contributed by atoms with Crippen molar-refractivity contribution >= 4 is 21.8 Å². The van der Waals surface area contributed by atoms with Crippen molar-refractivity contribution < 1.29 is 43.5 Å². The van der Waals surface area contributed by atoms with Gasteiger partial charge in [-0.15, -0.1) is 0 Å². The Balaban J connectivity index is 1.80. The molecule has 0 aromatic heterocycles. The van der Waals surface area contributed by atoms with Gasteiger partial charge in [0, 0.05) is 26.1 Å². The highest BCUT2D eigenvalue weighted by molar-refractivity contribution is 7.99. The number of nitrogens with one attached hydrogen (secondary N) is 3. The van der Waals surface area contributed by atoms with Crippen molar-refractivity contribution in [2.75, 3.05) is 39.7 Å². The molecule has 3 rings (SSSR count). The summed E-state index contributed by atoms with van der Waals surface area (Å²) in [5.41, 5.74) is 0.899. The fourth-order valence-corrected chi connectivity index (χ4v) is 7.12. The predicted molar refractivity (Wildman–Crippen MR) is 169 cm³/mol. The van der Waals surface area contributed by atoms with Crippen molar-refractivity contribution in [2.45, 2.75) is 81.0 Å². The number of rotatable bonds is 18. The van der Waals surface area contributed by atoms with E-state index < -0.39 is 40.7 Å². The summed E-state index contributed by atoms with van der Waals surface area (Å²) in [7, 11) is -2.61. The molecule has 0 heterocycles. The molecule has 8 N–H and O–H groups in total. The second kappa shape index (κ2) is 17.8. The van der Waals surface area contributed by atoms with Gasteiger partial charge in [-0.25, -0.2) is 13.1 Å².